The SMILES string of the molecule is Nc1ccc(-c2cccc(-n3c4ccccc4c4ccccc43)c2)c(O)c1. The second-order valence-corrected chi connectivity index (χ2v) is 6.70. The predicted octanol–water partition coefficient (Wildman–Crippen LogP) is 5.74. The number of aromatic nitrogens is 1. The Kier molecular flexibility index (Phi) is 3.41. The predicted molar refractivity (Wildman–Crippen MR) is 112 cm³/mol. The Morgan fingerprint density at radius 1 is 0.667 bits per heavy atom. The van der Waals surface area contributed by atoms with Gasteiger partial charge in [0, 0.05) is 33.8 Å². The van der Waals surface area contributed by atoms with Crippen molar-refractivity contribution in [2.45, 2.75) is 0 Å². The summed E-state index contributed by atoms with van der Waals surface area (Å²) in [4.78, 5) is 0. The zero-order valence-electron chi connectivity index (χ0n) is 14.6. The second-order valence-electron chi connectivity index (χ2n) is 6.70. The van der Waals surface area contributed by atoms with E-state index in [9.17, 15) is 5.11 Å². The van der Waals surface area contributed by atoms with Crippen molar-refractivity contribution in [1.29, 1.82) is 0 Å². The lowest BCUT2D eigenvalue weighted by Gasteiger charge is -2.11. The molecule has 0 spiro atoms. The lowest BCUT2D eigenvalue weighted by atomic mass is 10.0. The van der Waals surface area contributed by atoms with Crippen LogP contribution in [0.3, 0.4) is 0 Å². The number of nitrogens with zero attached hydrogens (tertiary/aromatic N) is 1. The Morgan fingerprint density at radius 2 is 1.33 bits per heavy atom. The number of benzene rings is 4. The van der Waals surface area contributed by atoms with Gasteiger partial charge in [-0.2, -0.15) is 0 Å². The Morgan fingerprint density at radius 3 is 2.00 bits per heavy atom. The maximum absolute atomic E-state index is 10.3. The molecule has 4 aromatic carbocycles. The number of anilines is 1. The number of phenols is 1. The summed E-state index contributed by atoms with van der Waals surface area (Å²) in [6.07, 6.45) is 0. The van der Waals surface area contributed by atoms with Crippen LogP contribution >= 0.6 is 0 Å². The van der Waals surface area contributed by atoms with E-state index < -0.39 is 0 Å². The van der Waals surface area contributed by atoms with E-state index in [0.29, 0.717) is 5.69 Å². The van der Waals surface area contributed by atoms with E-state index in [0.717, 1.165) is 27.8 Å². The molecule has 0 fully saturated rings. The largest absolute Gasteiger partial charge is 0.507 e. The molecule has 3 nitrogen and oxygen atoms in total. The molecule has 0 unspecified atom stereocenters. The van der Waals surface area contributed by atoms with Gasteiger partial charge < -0.3 is 15.4 Å². The van der Waals surface area contributed by atoms with E-state index in [4.69, 9.17) is 5.73 Å². The first kappa shape index (κ1) is 15.5. The highest BCUT2D eigenvalue weighted by atomic mass is 16.3. The number of fused-ring (bicyclic) bond motifs is 3. The number of nitrogens with two attached hydrogens (primary N) is 1. The molecule has 0 aliphatic carbocycles. The lowest BCUT2D eigenvalue weighted by Crippen LogP contribution is -1.94. The maximum atomic E-state index is 10.3. The Labute approximate surface area is 156 Å². The molecule has 1 aromatic heterocycles. The molecule has 0 bridgehead atoms. The lowest BCUT2D eigenvalue weighted by molar-refractivity contribution is 0.477. The molecule has 0 atom stereocenters. The molecule has 0 saturated carbocycles. The third kappa shape index (κ3) is 2.44. The van der Waals surface area contributed by atoms with E-state index >= 15 is 0 Å². The maximum Gasteiger partial charge on any atom is 0.125 e. The van der Waals surface area contributed by atoms with Crippen LogP contribution in [0.4, 0.5) is 5.69 Å². The van der Waals surface area contributed by atoms with Gasteiger partial charge in [-0.1, -0.05) is 48.5 Å². The van der Waals surface area contributed by atoms with Crippen molar-refractivity contribution in [3.05, 3.63) is 91.0 Å². The summed E-state index contributed by atoms with van der Waals surface area (Å²) in [7, 11) is 0. The fraction of sp³-hybridized carbons (Fsp3) is 0. The molecular weight excluding hydrogens is 332 g/mol. The van der Waals surface area contributed by atoms with Crippen molar-refractivity contribution in [3.8, 4) is 22.6 Å². The van der Waals surface area contributed by atoms with Crippen LogP contribution in [0.2, 0.25) is 0 Å². The third-order valence-electron chi connectivity index (χ3n) is 5.02. The third-order valence-corrected chi connectivity index (χ3v) is 5.02. The van der Waals surface area contributed by atoms with E-state index in [1.807, 2.05) is 24.3 Å². The van der Waals surface area contributed by atoms with Crippen molar-refractivity contribution < 1.29 is 5.11 Å². The van der Waals surface area contributed by atoms with Crippen LogP contribution in [0, 0.1) is 0 Å². The fourth-order valence-corrected chi connectivity index (χ4v) is 3.81. The number of nitrogen functional groups attached to an aromatic ring is 1. The first-order chi connectivity index (χ1) is 13.2. The van der Waals surface area contributed by atoms with Crippen LogP contribution in [-0.2, 0) is 0 Å². The summed E-state index contributed by atoms with van der Waals surface area (Å²) in [5.74, 6) is 0.189. The molecule has 3 N–H and O–H groups in total. The molecule has 0 saturated heterocycles. The van der Waals surface area contributed by atoms with Crippen molar-refractivity contribution in [2.75, 3.05) is 5.73 Å². The molecule has 130 valence electrons. The van der Waals surface area contributed by atoms with E-state index in [-0.39, 0.29) is 5.75 Å². The minimum atomic E-state index is 0.189. The second kappa shape index (κ2) is 5.92. The van der Waals surface area contributed by atoms with Gasteiger partial charge in [-0.05, 0) is 42.0 Å². The number of hydrogen-bond acceptors (Lipinski definition) is 2. The standard InChI is InChI=1S/C24H18N2O/c25-17-12-13-19(24(27)15-17)16-6-5-7-18(14-16)26-22-10-3-1-8-20(22)21-9-2-4-11-23(21)26/h1-15,27H,25H2. The average molecular weight is 350 g/mol. The topological polar surface area (TPSA) is 51.2 Å². The highest BCUT2D eigenvalue weighted by Gasteiger charge is 2.12. The van der Waals surface area contributed by atoms with Gasteiger partial charge in [0.25, 0.3) is 0 Å². The smallest absolute Gasteiger partial charge is 0.125 e. The van der Waals surface area contributed by atoms with Crippen LogP contribution in [0.1, 0.15) is 0 Å². The van der Waals surface area contributed by atoms with Crippen LogP contribution in [0.15, 0.2) is 91.0 Å². The van der Waals surface area contributed by atoms with Crippen molar-refractivity contribution >= 4 is 27.5 Å². The van der Waals surface area contributed by atoms with Crippen molar-refractivity contribution in [3.63, 3.8) is 0 Å². The van der Waals surface area contributed by atoms with Gasteiger partial charge in [-0.3, -0.25) is 0 Å². The first-order valence-corrected chi connectivity index (χ1v) is 8.90. The average Bonchev–Trinajstić information content (AvgIpc) is 3.03. The molecule has 1 heterocycles. The van der Waals surface area contributed by atoms with Crippen LogP contribution < -0.4 is 5.73 Å². The van der Waals surface area contributed by atoms with Crippen molar-refractivity contribution in [2.24, 2.45) is 0 Å². The molecule has 27 heavy (non-hydrogen) atoms. The Balaban J connectivity index is 1.78. The molecule has 0 aliphatic rings. The van der Waals surface area contributed by atoms with Crippen LogP contribution in [0.25, 0.3) is 38.6 Å². The Bertz CT molecular complexity index is 1250. The van der Waals surface area contributed by atoms with Crippen LogP contribution in [0.5, 0.6) is 5.75 Å². The molecular formula is C24H18N2O. The van der Waals surface area contributed by atoms with Gasteiger partial charge in [0.2, 0.25) is 0 Å². The molecule has 0 amide bonds. The van der Waals surface area contributed by atoms with Gasteiger partial charge in [0.05, 0.1) is 11.0 Å². The summed E-state index contributed by atoms with van der Waals surface area (Å²) < 4.78 is 2.27. The first-order valence-electron chi connectivity index (χ1n) is 8.90. The van der Waals surface area contributed by atoms with Gasteiger partial charge in [-0.15, -0.1) is 0 Å². The summed E-state index contributed by atoms with van der Waals surface area (Å²) in [5.41, 5.74) is 11.4. The van der Waals surface area contributed by atoms with E-state index in [1.54, 1.807) is 6.07 Å². The number of para-hydroxylation sites is 2. The molecule has 0 radical (unpaired) electrons. The van der Waals surface area contributed by atoms with Gasteiger partial charge in [-0.25, -0.2) is 0 Å². The normalized spacial score (nSPS) is 11.3. The van der Waals surface area contributed by atoms with Gasteiger partial charge in [0.15, 0.2) is 0 Å². The van der Waals surface area contributed by atoms with Gasteiger partial charge >= 0.3 is 0 Å². The summed E-state index contributed by atoms with van der Waals surface area (Å²) in [5, 5.41) is 12.8. The summed E-state index contributed by atoms with van der Waals surface area (Å²) in [6, 6.07) is 30.3. The Hall–Kier alpha value is -3.72. The van der Waals surface area contributed by atoms with Gasteiger partial charge in [0.1, 0.15) is 5.75 Å². The highest BCUT2D eigenvalue weighted by molar-refractivity contribution is 6.09. The molecule has 5 rings (SSSR count). The molecule has 5 aromatic rings. The monoisotopic (exact) mass is 350 g/mol. The fourth-order valence-electron chi connectivity index (χ4n) is 3.81. The summed E-state index contributed by atoms with van der Waals surface area (Å²) in [6.45, 7) is 0. The zero-order chi connectivity index (χ0) is 18.4. The zero-order valence-corrected chi connectivity index (χ0v) is 14.6. The van der Waals surface area contributed by atoms with Crippen molar-refractivity contribution in [1.82, 2.24) is 4.57 Å². The minimum Gasteiger partial charge on any atom is -0.507 e. The number of hydrogen-bond donors (Lipinski definition) is 2. The molecule has 0 aliphatic heterocycles. The number of rotatable bonds is 2. The highest BCUT2D eigenvalue weighted by Crippen LogP contribution is 2.35. The van der Waals surface area contributed by atoms with Crippen LogP contribution in [-0.4, -0.2) is 9.67 Å². The molecule has 3 heteroatoms. The number of phenolic OH excluding ortho intramolecular Hbond substituents is 1. The number of aromatic hydroxyl groups is 1. The summed E-state index contributed by atoms with van der Waals surface area (Å²) >= 11 is 0. The minimum absolute atomic E-state index is 0.189. The van der Waals surface area contributed by atoms with E-state index in [1.165, 1.54) is 10.8 Å². The van der Waals surface area contributed by atoms with E-state index in [2.05, 4.69) is 65.2 Å². The quantitative estimate of drug-likeness (QED) is 0.399.